The first kappa shape index (κ1) is 17.0. The Bertz CT molecular complexity index is 633. The van der Waals surface area contributed by atoms with Crippen molar-refractivity contribution >= 4 is 29.3 Å². The summed E-state index contributed by atoms with van der Waals surface area (Å²) in [7, 11) is 0. The number of benzene rings is 1. The van der Waals surface area contributed by atoms with Crippen LogP contribution < -0.4 is 10.6 Å². The number of amides is 3. The first-order valence-electron chi connectivity index (χ1n) is 7.26. The summed E-state index contributed by atoms with van der Waals surface area (Å²) in [5.74, 6) is -0.807. The molecule has 23 heavy (non-hydrogen) atoms. The average molecular weight is 336 g/mol. The van der Waals surface area contributed by atoms with Gasteiger partial charge < -0.3 is 15.5 Å². The molecule has 0 spiro atoms. The van der Waals surface area contributed by atoms with Crippen LogP contribution in [0.5, 0.6) is 0 Å². The summed E-state index contributed by atoms with van der Waals surface area (Å²) in [5.41, 5.74) is 0.592. The second-order valence-electron chi connectivity index (χ2n) is 5.05. The van der Waals surface area contributed by atoms with E-state index in [4.69, 9.17) is 11.6 Å². The monoisotopic (exact) mass is 335 g/mol. The first-order valence-corrected chi connectivity index (χ1v) is 7.64. The Kier molecular flexibility index (Phi) is 5.76. The predicted molar refractivity (Wildman–Crippen MR) is 86.7 cm³/mol. The van der Waals surface area contributed by atoms with Crippen LogP contribution in [0.25, 0.3) is 0 Å². The second kappa shape index (κ2) is 7.78. The number of hydrogen-bond donors (Lipinski definition) is 2. The highest BCUT2D eigenvalue weighted by atomic mass is 35.5. The predicted octanol–water partition coefficient (Wildman–Crippen LogP) is 1.03. The van der Waals surface area contributed by atoms with Crippen molar-refractivity contribution in [2.75, 3.05) is 19.6 Å². The fourth-order valence-electron chi connectivity index (χ4n) is 2.45. The molecule has 2 rings (SSSR count). The summed E-state index contributed by atoms with van der Waals surface area (Å²) in [5, 5.41) is 5.74. The third-order valence-corrected chi connectivity index (χ3v) is 3.90. The van der Waals surface area contributed by atoms with Gasteiger partial charge in [0.2, 0.25) is 17.7 Å². The van der Waals surface area contributed by atoms with Crippen LogP contribution in [0, 0.1) is 0 Å². The maximum atomic E-state index is 12.4. The highest BCUT2D eigenvalue weighted by Crippen LogP contribution is 2.29. The highest BCUT2D eigenvalue weighted by Gasteiger charge is 2.35. The van der Waals surface area contributed by atoms with Crippen molar-refractivity contribution in [1.82, 2.24) is 15.5 Å². The molecular weight excluding hydrogens is 318 g/mol. The SMILES string of the molecule is C=CC(=O)NCCC(=O)N1CCNC(=O)C1c1ccccc1Cl. The third kappa shape index (κ3) is 4.10. The fourth-order valence-corrected chi connectivity index (χ4v) is 2.69. The lowest BCUT2D eigenvalue weighted by molar-refractivity contribution is -0.143. The zero-order valence-electron chi connectivity index (χ0n) is 12.5. The molecule has 1 atom stereocenters. The topological polar surface area (TPSA) is 78.5 Å². The summed E-state index contributed by atoms with van der Waals surface area (Å²) >= 11 is 6.17. The molecule has 0 radical (unpaired) electrons. The maximum absolute atomic E-state index is 12.4. The number of halogens is 1. The van der Waals surface area contributed by atoms with Crippen LogP contribution in [0.1, 0.15) is 18.0 Å². The van der Waals surface area contributed by atoms with E-state index in [1.165, 1.54) is 4.90 Å². The number of hydrogen-bond acceptors (Lipinski definition) is 3. The van der Waals surface area contributed by atoms with Crippen molar-refractivity contribution in [3.63, 3.8) is 0 Å². The number of nitrogens with one attached hydrogen (secondary N) is 2. The lowest BCUT2D eigenvalue weighted by Gasteiger charge is -2.35. The van der Waals surface area contributed by atoms with Crippen molar-refractivity contribution < 1.29 is 14.4 Å². The first-order chi connectivity index (χ1) is 11.0. The van der Waals surface area contributed by atoms with Gasteiger partial charge >= 0.3 is 0 Å². The van der Waals surface area contributed by atoms with Crippen LogP contribution in [0.3, 0.4) is 0 Å². The van der Waals surface area contributed by atoms with Gasteiger partial charge in [-0.3, -0.25) is 14.4 Å². The van der Waals surface area contributed by atoms with E-state index in [1.54, 1.807) is 24.3 Å². The lowest BCUT2D eigenvalue weighted by Crippen LogP contribution is -2.52. The molecule has 0 saturated carbocycles. The molecule has 7 heteroatoms. The lowest BCUT2D eigenvalue weighted by atomic mass is 10.0. The van der Waals surface area contributed by atoms with Crippen LogP contribution in [0.4, 0.5) is 0 Å². The summed E-state index contributed by atoms with van der Waals surface area (Å²) < 4.78 is 0. The normalized spacial score (nSPS) is 17.3. The molecule has 2 N–H and O–H groups in total. The molecule has 1 aromatic rings. The molecule has 1 aliphatic rings. The van der Waals surface area contributed by atoms with E-state index < -0.39 is 6.04 Å². The van der Waals surface area contributed by atoms with Crippen LogP contribution in [-0.2, 0) is 14.4 Å². The van der Waals surface area contributed by atoms with Gasteiger partial charge in [-0.2, -0.15) is 0 Å². The Morgan fingerprint density at radius 1 is 1.43 bits per heavy atom. The maximum Gasteiger partial charge on any atom is 0.247 e. The zero-order valence-corrected chi connectivity index (χ0v) is 13.3. The van der Waals surface area contributed by atoms with Gasteiger partial charge in [0.05, 0.1) is 0 Å². The number of rotatable bonds is 5. The molecule has 0 aliphatic carbocycles. The molecule has 1 aromatic carbocycles. The van der Waals surface area contributed by atoms with Gasteiger partial charge in [0.15, 0.2) is 0 Å². The van der Waals surface area contributed by atoms with Crippen LogP contribution in [0.15, 0.2) is 36.9 Å². The van der Waals surface area contributed by atoms with Gasteiger partial charge in [-0.25, -0.2) is 0 Å². The molecule has 1 heterocycles. The number of carbonyl (C=O) groups excluding carboxylic acids is 3. The van der Waals surface area contributed by atoms with Gasteiger partial charge in [0.25, 0.3) is 0 Å². The smallest absolute Gasteiger partial charge is 0.247 e. The Hall–Kier alpha value is -2.34. The van der Waals surface area contributed by atoms with E-state index in [1.807, 2.05) is 0 Å². The van der Waals surface area contributed by atoms with Crippen LogP contribution in [-0.4, -0.2) is 42.3 Å². The molecule has 1 saturated heterocycles. The van der Waals surface area contributed by atoms with E-state index in [2.05, 4.69) is 17.2 Å². The summed E-state index contributed by atoms with van der Waals surface area (Å²) in [6, 6.07) is 6.21. The zero-order chi connectivity index (χ0) is 16.8. The van der Waals surface area contributed by atoms with E-state index in [0.29, 0.717) is 23.7 Å². The summed E-state index contributed by atoms with van der Waals surface area (Å²) in [6.45, 7) is 4.33. The van der Waals surface area contributed by atoms with E-state index in [-0.39, 0.29) is 30.7 Å². The fraction of sp³-hybridized carbons (Fsp3) is 0.312. The minimum absolute atomic E-state index is 0.105. The molecule has 3 amide bonds. The van der Waals surface area contributed by atoms with Crippen molar-refractivity contribution in [3.8, 4) is 0 Å². The van der Waals surface area contributed by atoms with Crippen LogP contribution >= 0.6 is 11.6 Å². The minimum atomic E-state index is -0.750. The third-order valence-electron chi connectivity index (χ3n) is 3.56. The highest BCUT2D eigenvalue weighted by molar-refractivity contribution is 6.31. The quantitative estimate of drug-likeness (QED) is 0.789. The van der Waals surface area contributed by atoms with E-state index in [9.17, 15) is 14.4 Å². The number of carbonyl (C=O) groups is 3. The van der Waals surface area contributed by atoms with Gasteiger partial charge in [-0.15, -0.1) is 0 Å². The van der Waals surface area contributed by atoms with Gasteiger partial charge in [0.1, 0.15) is 6.04 Å². The Labute approximate surface area is 139 Å². The van der Waals surface area contributed by atoms with Crippen molar-refractivity contribution in [1.29, 1.82) is 0 Å². The van der Waals surface area contributed by atoms with Crippen molar-refractivity contribution in [2.24, 2.45) is 0 Å². The van der Waals surface area contributed by atoms with Gasteiger partial charge in [-0.05, 0) is 12.1 Å². The van der Waals surface area contributed by atoms with Crippen LogP contribution in [0.2, 0.25) is 5.02 Å². The molecule has 122 valence electrons. The molecule has 1 unspecified atom stereocenters. The van der Waals surface area contributed by atoms with E-state index >= 15 is 0 Å². The second-order valence-corrected chi connectivity index (χ2v) is 5.45. The van der Waals surface area contributed by atoms with Crippen molar-refractivity contribution in [2.45, 2.75) is 12.5 Å². The molecule has 6 nitrogen and oxygen atoms in total. The molecular formula is C16H18ClN3O3. The summed E-state index contributed by atoms with van der Waals surface area (Å²) in [6.07, 6.45) is 1.25. The molecule has 0 bridgehead atoms. The Morgan fingerprint density at radius 3 is 2.87 bits per heavy atom. The Morgan fingerprint density at radius 2 is 2.17 bits per heavy atom. The minimum Gasteiger partial charge on any atom is -0.352 e. The largest absolute Gasteiger partial charge is 0.352 e. The molecule has 0 aromatic heterocycles. The Balaban J connectivity index is 2.13. The number of nitrogens with zero attached hydrogens (tertiary/aromatic N) is 1. The van der Waals surface area contributed by atoms with Gasteiger partial charge in [-0.1, -0.05) is 36.4 Å². The number of piperazine rings is 1. The summed E-state index contributed by atoms with van der Waals surface area (Å²) in [4.78, 5) is 37.3. The molecule has 1 aliphatic heterocycles. The van der Waals surface area contributed by atoms with E-state index in [0.717, 1.165) is 6.08 Å². The standard InChI is InChI=1S/C16H18ClN3O3/c1-2-13(21)18-8-7-14(22)20-10-9-19-16(23)15(20)11-5-3-4-6-12(11)17/h2-6,15H,1,7-10H2,(H,18,21)(H,19,23). The van der Waals surface area contributed by atoms with Gasteiger partial charge in [0, 0.05) is 36.6 Å². The van der Waals surface area contributed by atoms with Crippen molar-refractivity contribution in [3.05, 3.63) is 47.5 Å². The molecule has 1 fully saturated rings. The average Bonchev–Trinajstić information content (AvgIpc) is 2.55.